The molecular weight excluding hydrogens is 308 g/mol. The topological polar surface area (TPSA) is 75.7 Å². The molecule has 1 saturated heterocycles. The number of rotatable bonds is 4. The van der Waals surface area contributed by atoms with Crippen LogP contribution in [0.3, 0.4) is 0 Å². The lowest BCUT2D eigenvalue weighted by Crippen LogP contribution is -2.52. The van der Waals surface area contributed by atoms with Crippen LogP contribution >= 0.6 is 0 Å². The van der Waals surface area contributed by atoms with Crippen molar-refractivity contribution in [1.29, 1.82) is 0 Å². The average Bonchev–Trinajstić information content (AvgIpc) is 2.90. The lowest BCUT2D eigenvalue weighted by molar-refractivity contribution is -0.149. The van der Waals surface area contributed by atoms with Gasteiger partial charge >= 0.3 is 5.97 Å². The number of benzene rings is 1. The highest BCUT2D eigenvalue weighted by Gasteiger charge is 2.39. The minimum absolute atomic E-state index is 0.0836. The lowest BCUT2D eigenvalue weighted by Gasteiger charge is -2.25. The zero-order valence-electron chi connectivity index (χ0n) is 14.8. The number of amides is 2. The van der Waals surface area contributed by atoms with E-state index >= 15 is 0 Å². The summed E-state index contributed by atoms with van der Waals surface area (Å²) in [5.41, 5.74) is 1.84. The van der Waals surface area contributed by atoms with E-state index in [4.69, 9.17) is 0 Å². The molecule has 0 unspecified atom stereocenters. The Labute approximate surface area is 142 Å². The standard InChI is InChI=1S/C18H24N2O4/c1-11-7-6-8-14(12(11)2)20-10-13(9-15(20)21)16(22)19-18(3,4)17(23)24-5/h6-8,13H,9-10H2,1-5H3,(H,19,22)/t13-/m1/s1. The van der Waals surface area contributed by atoms with Crippen LogP contribution in [0.15, 0.2) is 18.2 Å². The second-order valence-electron chi connectivity index (χ2n) is 6.73. The molecule has 1 aromatic carbocycles. The minimum atomic E-state index is -1.12. The number of esters is 1. The van der Waals surface area contributed by atoms with E-state index in [-0.39, 0.29) is 18.2 Å². The van der Waals surface area contributed by atoms with Crippen LogP contribution in [-0.4, -0.2) is 37.0 Å². The molecule has 0 aliphatic carbocycles. The van der Waals surface area contributed by atoms with Gasteiger partial charge in [0.15, 0.2) is 0 Å². The largest absolute Gasteiger partial charge is 0.467 e. The summed E-state index contributed by atoms with van der Waals surface area (Å²) >= 11 is 0. The molecule has 2 amide bonds. The molecule has 1 aromatic rings. The molecule has 0 aromatic heterocycles. The number of carbonyl (C=O) groups excluding carboxylic acids is 3. The van der Waals surface area contributed by atoms with Crippen molar-refractivity contribution >= 4 is 23.5 Å². The van der Waals surface area contributed by atoms with E-state index in [0.717, 1.165) is 16.8 Å². The van der Waals surface area contributed by atoms with Crippen LogP contribution in [0.1, 0.15) is 31.4 Å². The first-order valence-electron chi connectivity index (χ1n) is 7.94. The van der Waals surface area contributed by atoms with Gasteiger partial charge in [0.1, 0.15) is 5.54 Å². The fourth-order valence-electron chi connectivity index (χ4n) is 2.86. The van der Waals surface area contributed by atoms with Crippen molar-refractivity contribution in [2.24, 2.45) is 5.92 Å². The molecule has 1 atom stereocenters. The summed E-state index contributed by atoms with van der Waals surface area (Å²) in [6.45, 7) is 7.42. The highest BCUT2D eigenvalue weighted by molar-refractivity contribution is 6.01. The second kappa shape index (κ2) is 6.63. The summed E-state index contributed by atoms with van der Waals surface area (Å²) in [6.07, 6.45) is 0.135. The zero-order valence-corrected chi connectivity index (χ0v) is 14.8. The van der Waals surface area contributed by atoms with Gasteiger partial charge in [-0.1, -0.05) is 12.1 Å². The Balaban J connectivity index is 2.13. The third-order valence-corrected chi connectivity index (χ3v) is 4.49. The van der Waals surface area contributed by atoms with Gasteiger partial charge in [0.2, 0.25) is 11.8 Å². The maximum absolute atomic E-state index is 12.5. The van der Waals surface area contributed by atoms with Crippen LogP contribution in [0.2, 0.25) is 0 Å². The summed E-state index contributed by atoms with van der Waals surface area (Å²) < 4.78 is 4.69. The minimum Gasteiger partial charge on any atom is -0.467 e. The molecule has 0 saturated carbocycles. The Morgan fingerprint density at radius 2 is 1.96 bits per heavy atom. The Hall–Kier alpha value is -2.37. The van der Waals surface area contributed by atoms with Gasteiger partial charge < -0.3 is 15.0 Å². The van der Waals surface area contributed by atoms with Crippen LogP contribution in [-0.2, 0) is 19.1 Å². The molecule has 1 heterocycles. The van der Waals surface area contributed by atoms with Gasteiger partial charge in [0.05, 0.1) is 13.0 Å². The van der Waals surface area contributed by atoms with Gasteiger partial charge in [0.25, 0.3) is 0 Å². The third kappa shape index (κ3) is 3.42. The average molecular weight is 332 g/mol. The third-order valence-electron chi connectivity index (χ3n) is 4.49. The van der Waals surface area contributed by atoms with E-state index in [0.29, 0.717) is 6.54 Å². The number of anilines is 1. The summed E-state index contributed by atoms with van der Waals surface area (Å²) in [6, 6.07) is 5.78. The fourth-order valence-corrected chi connectivity index (χ4v) is 2.86. The van der Waals surface area contributed by atoms with Crippen LogP contribution in [0.4, 0.5) is 5.69 Å². The smallest absolute Gasteiger partial charge is 0.330 e. The van der Waals surface area contributed by atoms with Crippen LogP contribution < -0.4 is 10.2 Å². The summed E-state index contributed by atoms with van der Waals surface area (Å²) in [4.78, 5) is 38.2. The van der Waals surface area contributed by atoms with Crippen molar-refractivity contribution in [3.63, 3.8) is 0 Å². The summed E-state index contributed by atoms with van der Waals surface area (Å²) in [7, 11) is 1.28. The Kier molecular flexibility index (Phi) is 4.96. The quantitative estimate of drug-likeness (QED) is 0.852. The Bertz CT molecular complexity index is 682. The Morgan fingerprint density at radius 1 is 1.29 bits per heavy atom. The highest BCUT2D eigenvalue weighted by atomic mass is 16.5. The van der Waals surface area contributed by atoms with Crippen LogP contribution in [0.5, 0.6) is 0 Å². The predicted molar refractivity (Wildman–Crippen MR) is 90.6 cm³/mol. The van der Waals surface area contributed by atoms with Crippen molar-refractivity contribution < 1.29 is 19.1 Å². The lowest BCUT2D eigenvalue weighted by atomic mass is 10.0. The molecule has 6 heteroatoms. The van der Waals surface area contributed by atoms with E-state index in [1.165, 1.54) is 7.11 Å². The number of nitrogens with one attached hydrogen (secondary N) is 1. The molecule has 0 spiro atoms. The molecule has 130 valence electrons. The van der Waals surface area contributed by atoms with Crippen molar-refractivity contribution in [2.45, 2.75) is 39.7 Å². The number of hydrogen-bond acceptors (Lipinski definition) is 4. The first kappa shape index (κ1) is 18.0. The van der Waals surface area contributed by atoms with Crippen molar-refractivity contribution in [1.82, 2.24) is 5.32 Å². The maximum atomic E-state index is 12.5. The summed E-state index contributed by atoms with van der Waals surface area (Å²) in [5.74, 6) is -1.40. The van der Waals surface area contributed by atoms with Crippen molar-refractivity contribution in [2.75, 3.05) is 18.6 Å². The summed E-state index contributed by atoms with van der Waals surface area (Å²) in [5, 5.41) is 2.68. The first-order chi connectivity index (χ1) is 11.2. The first-order valence-corrected chi connectivity index (χ1v) is 7.94. The van der Waals surface area contributed by atoms with Gasteiger partial charge in [-0.25, -0.2) is 4.79 Å². The predicted octanol–water partition coefficient (Wildman–Crippen LogP) is 1.72. The number of nitrogens with zero attached hydrogens (tertiary/aromatic N) is 1. The monoisotopic (exact) mass is 332 g/mol. The van der Waals surface area contributed by atoms with Crippen LogP contribution in [0.25, 0.3) is 0 Å². The highest BCUT2D eigenvalue weighted by Crippen LogP contribution is 2.29. The second-order valence-corrected chi connectivity index (χ2v) is 6.73. The van der Waals surface area contributed by atoms with E-state index in [9.17, 15) is 14.4 Å². The van der Waals surface area contributed by atoms with Gasteiger partial charge in [-0.2, -0.15) is 0 Å². The molecule has 1 aliphatic heterocycles. The van der Waals surface area contributed by atoms with Gasteiger partial charge in [-0.15, -0.1) is 0 Å². The zero-order chi connectivity index (χ0) is 18.1. The molecule has 1 aliphatic rings. The van der Waals surface area contributed by atoms with Crippen molar-refractivity contribution in [3.05, 3.63) is 29.3 Å². The molecule has 1 fully saturated rings. The molecule has 0 radical (unpaired) electrons. The molecule has 24 heavy (non-hydrogen) atoms. The van der Waals surface area contributed by atoms with Gasteiger partial charge in [-0.05, 0) is 44.9 Å². The van der Waals surface area contributed by atoms with E-state index in [2.05, 4.69) is 10.1 Å². The molecule has 0 bridgehead atoms. The molecular formula is C18H24N2O4. The number of ether oxygens (including phenoxy) is 1. The van der Waals surface area contributed by atoms with E-state index in [1.807, 2.05) is 32.0 Å². The number of carbonyl (C=O) groups is 3. The SMILES string of the molecule is COC(=O)C(C)(C)NC(=O)[C@@H]1CC(=O)N(c2cccc(C)c2C)C1. The van der Waals surface area contributed by atoms with Crippen LogP contribution in [0, 0.1) is 19.8 Å². The van der Waals surface area contributed by atoms with Gasteiger partial charge in [0, 0.05) is 18.7 Å². The number of methoxy groups -OCH3 is 1. The fraction of sp³-hybridized carbons (Fsp3) is 0.500. The van der Waals surface area contributed by atoms with E-state index in [1.54, 1.807) is 18.7 Å². The number of hydrogen-bond donors (Lipinski definition) is 1. The van der Waals surface area contributed by atoms with Crippen molar-refractivity contribution in [3.8, 4) is 0 Å². The maximum Gasteiger partial charge on any atom is 0.330 e. The molecule has 6 nitrogen and oxygen atoms in total. The normalized spacial score (nSPS) is 17.8. The molecule has 1 N–H and O–H groups in total. The Morgan fingerprint density at radius 3 is 2.58 bits per heavy atom. The van der Waals surface area contributed by atoms with E-state index < -0.39 is 17.4 Å². The number of aryl methyl sites for hydroxylation is 1. The molecule has 2 rings (SSSR count). The van der Waals surface area contributed by atoms with Gasteiger partial charge in [-0.3, -0.25) is 9.59 Å².